The molecule has 0 bridgehead atoms. The zero-order valence-electron chi connectivity index (χ0n) is 15.5. The number of aryl methyl sites for hydroxylation is 2. The first-order valence-electron chi connectivity index (χ1n) is 8.67. The molecule has 0 aliphatic carbocycles. The average molecular weight is 344 g/mol. The van der Waals surface area contributed by atoms with Crippen molar-refractivity contribution in [2.24, 2.45) is 4.99 Å². The molecular weight excluding hydrogens is 316 g/mol. The maximum atomic E-state index is 5.92. The van der Waals surface area contributed by atoms with E-state index in [4.69, 9.17) is 4.74 Å². The van der Waals surface area contributed by atoms with Crippen LogP contribution in [0, 0.1) is 6.92 Å². The molecule has 0 amide bonds. The Kier molecular flexibility index (Phi) is 7.25. The summed E-state index contributed by atoms with van der Waals surface area (Å²) in [7, 11) is 1.76. The van der Waals surface area contributed by atoms with Gasteiger partial charge < -0.3 is 19.9 Å². The summed E-state index contributed by atoms with van der Waals surface area (Å²) in [6, 6.07) is 8.07. The van der Waals surface area contributed by atoms with Gasteiger partial charge in [0, 0.05) is 26.6 Å². The Morgan fingerprint density at radius 1 is 1.36 bits per heavy atom. The van der Waals surface area contributed by atoms with Crippen molar-refractivity contribution in [3.63, 3.8) is 0 Å². The van der Waals surface area contributed by atoms with Crippen LogP contribution in [0.1, 0.15) is 25.2 Å². The third-order valence-electron chi connectivity index (χ3n) is 3.76. The number of hydrogen-bond donors (Lipinski definition) is 2. The van der Waals surface area contributed by atoms with Crippen LogP contribution in [0.4, 0.5) is 0 Å². The Hall–Kier alpha value is -2.57. The van der Waals surface area contributed by atoms with Gasteiger partial charge in [0.15, 0.2) is 5.96 Å². The summed E-state index contributed by atoms with van der Waals surface area (Å²) in [5.74, 6) is 2.63. The second-order valence-corrected chi connectivity index (χ2v) is 5.92. The van der Waals surface area contributed by atoms with Gasteiger partial charge in [-0.1, -0.05) is 19.1 Å². The second-order valence-electron chi connectivity index (χ2n) is 5.92. The number of aliphatic imine (C=N–C) groups is 1. The summed E-state index contributed by atoms with van der Waals surface area (Å²) in [5, 5.41) is 14.6. The highest BCUT2D eigenvalue weighted by Gasteiger charge is 2.06. The SMILES string of the molecule is CCc1nncn1CCNC(=NC)NCC(C)Oc1cccc(C)c1. The third kappa shape index (κ3) is 6.10. The van der Waals surface area contributed by atoms with E-state index in [1.54, 1.807) is 13.4 Å². The van der Waals surface area contributed by atoms with Crippen LogP contribution in [-0.2, 0) is 13.0 Å². The molecule has 1 aromatic heterocycles. The summed E-state index contributed by atoms with van der Waals surface area (Å²) >= 11 is 0. The van der Waals surface area contributed by atoms with Crippen LogP contribution in [0.2, 0.25) is 0 Å². The van der Waals surface area contributed by atoms with Gasteiger partial charge in [0.2, 0.25) is 0 Å². The van der Waals surface area contributed by atoms with Gasteiger partial charge in [-0.2, -0.15) is 0 Å². The minimum atomic E-state index is 0.0323. The van der Waals surface area contributed by atoms with E-state index in [1.165, 1.54) is 5.56 Å². The quantitative estimate of drug-likeness (QED) is 0.564. The number of ether oxygens (including phenoxy) is 1. The van der Waals surface area contributed by atoms with Crippen molar-refractivity contribution in [3.05, 3.63) is 42.0 Å². The minimum absolute atomic E-state index is 0.0323. The molecule has 0 aliphatic heterocycles. The van der Waals surface area contributed by atoms with Gasteiger partial charge in [0.05, 0.1) is 6.54 Å². The summed E-state index contributed by atoms with van der Waals surface area (Å²) < 4.78 is 7.96. The number of benzene rings is 1. The number of nitrogens with zero attached hydrogens (tertiary/aromatic N) is 4. The molecule has 2 N–H and O–H groups in total. The predicted molar refractivity (Wildman–Crippen MR) is 100 cm³/mol. The zero-order chi connectivity index (χ0) is 18.1. The lowest BCUT2D eigenvalue weighted by atomic mass is 10.2. The molecule has 1 atom stereocenters. The number of rotatable bonds is 8. The highest BCUT2D eigenvalue weighted by molar-refractivity contribution is 5.79. The molecule has 2 aromatic rings. The van der Waals surface area contributed by atoms with Gasteiger partial charge in [-0.05, 0) is 31.5 Å². The molecule has 136 valence electrons. The molecule has 0 radical (unpaired) electrons. The first-order chi connectivity index (χ1) is 12.1. The van der Waals surface area contributed by atoms with Crippen LogP contribution in [0.3, 0.4) is 0 Å². The minimum Gasteiger partial charge on any atom is -0.489 e. The van der Waals surface area contributed by atoms with Gasteiger partial charge in [-0.3, -0.25) is 4.99 Å². The maximum absolute atomic E-state index is 5.92. The van der Waals surface area contributed by atoms with Gasteiger partial charge >= 0.3 is 0 Å². The smallest absolute Gasteiger partial charge is 0.191 e. The molecule has 0 saturated carbocycles. The van der Waals surface area contributed by atoms with E-state index in [0.717, 1.165) is 37.0 Å². The standard InChI is InChI=1S/C18H28N6O/c1-5-17-23-22-13-24(17)10-9-20-18(19-4)21-12-15(3)25-16-8-6-7-14(2)11-16/h6-8,11,13,15H,5,9-10,12H2,1-4H3,(H2,19,20,21). The molecule has 1 unspecified atom stereocenters. The van der Waals surface area contributed by atoms with Crippen LogP contribution < -0.4 is 15.4 Å². The Labute approximate surface area is 149 Å². The average Bonchev–Trinajstić information content (AvgIpc) is 3.05. The molecule has 0 saturated heterocycles. The normalized spacial score (nSPS) is 12.7. The van der Waals surface area contributed by atoms with E-state index in [0.29, 0.717) is 6.54 Å². The fourth-order valence-electron chi connectivity index (χ4n) is 2.46. The van der Waals surface area contributed by atoms with Crippen molar-refractivity contribution in [3.8, 4) is 5.75 Å². The van der Waals surface area contributed by atoms with Crippen LogP contribution in [0.5, 0.6) is 5.75 Å². The van der Waals surface area contributed by atoms with E-state index in [2.05, 4.69) is 45.7 Å². The summed E-state index contributed by atoms with van der Waals surface area (Å²) in [6.07, 6.45) is 2.67. The Bertz CT molecular complexity index is 682. The van der Waals surface area contributed by atoms with Crippen molar-refractivity contribution in [1.82, 2.24) is 25.4 Å². The second kappa shape index (κ2) is 9.66. The van der Waals surface area contributed by atoms with Crippen LogP contribution >= 0.6 is 0 Å². The van der Waals surface area contributed by atoms with E-state index < -0.39 is 0 Å². The van der Waals surface area contributed by atoms with E-state index in [1.807, 2.05) is 29.7 Å². The van der Waals surface area contributed by atoms with E-state index in [9.17, 15) is 0 Å². The predicted octanol–water partition coefficient (Wildman–Crippen LogP) is 1.78. The molecule has 2 rings (SSSR count). The summed E-state index contributed by atoms with van der Waals surface area (Å²) in [6.45, 7) is 8.38. The van der Waals surface area contributed by atoms with Gasteiger partial charge in [0.1, 0.15) is 24.0 Å². The fourth-order valence-corrected chi connectivity index (χ4v) is 2.46. The Morgan fingerprint density at radius 3 is 2.92 bits per heavy atom. The van der Waals surface area contributed by atoms with Crippen LogP contribution in [0.15, 0.2) is 35.6 Å². The molecule has 0 fully saturated rings. The van der Waals surface area contributed by atoms with Gasteiger partial charge in [-0.15, -0.1) is 10.2 Å². The molecule has 7 heteroatoms. The fraction of sp³-hybridized carbons (Fsp3) is 0.500. The number of nitrogens with one attached hydrogen (secondary N) is 2. The summed E-state index contributed by atoms with van der Waals surface area (Å²) in [4.78, 5) is 4.24. The van der Waals surface area contributed by atoms with Crippen molar-refractivity contribution in [2.45, 2.75) is 39.8 Å². The molecule has 0 aliphatic rings. The lowest BCUT2D eigenvalue weighted by Crippen LogP contribution is -2.42. The number of guanidine groups is 1. The topological polar surface area (TPSA) is 76.4 Å². The molecule has 7 nitrogen and oxygen atoms in total. The van der Waals surface area contributed by atoms with Crippen molar-refractivity contribution in [2.75, 3.05) is 20.1 Å². The summed E-state index contributed by atoms with van der Waals surface area (Å²) in [5.41, 5.74) is 1.19. The van der Waals surface area contributed by atoms with Gasteiger partial charge in [0.25, 0.3) is 0 Å². The Balaban J connectivity index is 1.72. The lowest BCUT2D eigenvalue weighted by molar-refractivity contribution is 0.223. The van der Waals surface area contributed by atoms with Crippen molar-refractivity contribution >= 4 is 5.96 Å². The highest BCUT2D eigenvalue weighted by atomic mass is 16.5. The maximum Gasteiger partial charge on any atom is 0.191 e. The zero-order valence-corrected chi connectivity index (χ0v) is 15.5. The molecular formula is C18H28N6O. The van der Waals surface area contributed by atoms with Crippen LogP contribution in [0.25, 0.3) is 0 Å². The van der Waals surface area contributed by atoms with E-state index >= 15 is 0 Å². The van der Waals surface area contributed by atoms with Gasteiger partial charge in [-0.25, -0.2) is 0 Å². The molecule has 25 heavy (non-hydrogen) atoms. The lowest BCUT2D eigenvalue weighted by Gasteiger charge is -2.18. The monoisotopic (exact) mass is 344 g/mol. The number of aromatic nitrogens is 3. The highest BCUT2D eigenvalue weighted by Crippen LogP contribution is 2.13. The third-order valence-corrected chi connectivity index (χ3v) is 3.76. The largest absolute Gasteiger partial charge is 0.489 e. The molecule has 1 heterocycles. The van der Waals surface area contributed by atoms with Crippen molar-refractivity contribution in [1.29, 1.82) is 0 Å². The molecule has 0 spiro atoms. The number of hydrogen-bond acceptors (Lipinski definition) is 4. The molecule has 1 aromatic carbocycles. The van der Waals surface area contributed by atoms with E-state index in [-0.39, 0.29) is 6.10 Å². The Morgan fingerprint density at radius 2 is 2.20 bits per heavy atom. The van der Waals surface area contributed by atoms with Crippen molar-refractivity contribution < 1.29 is 4.74 Å². The first-order valence-corrected chi connectivity index (χ1v) is 8.67. The first kappa shape index (κ1) is 18.8. The van der Waals surface area contributed by atoms with Crippen LogP contribution in [-0.4, -0.2) is 47.0 Å².